The van der Waals surface area contributed by atoms with Gasteiger partial charge in [-0.1, -0.05) is 29.8 Å². The van der Waals surface area contributed by atoms with Gasteiger partial charge >= 0.3 is 6.03 Å². The Labute approximate surface area is 148 Å². The zero-order valence-electron chi connectivity index (χ0n) is 15.1. The van der Waals surface area contributed by atoms with Crippen LogP contribution in [-0.4, -0.2) is 35.1 Å². The maximum atomic E-state index is 12.2. The first kappa shape index (κ1) is 17.5. The summed E-state index contributed by atoms with van der Waals surface area (Å²) < 4.78 is 7.45. The second kappa shape index (κ2) is 7.70. The van der Waals surface area contributed by atoms with E-state index in [1.165, 1.54) is 11.1 Å². The molecule has 2 heterocycles. The number of benzene rings is 1. The van der Waals surface area contributed by atoms with Gasteiger partial charge in [-0.2, -0.15) is 5.10 Å². The molecule has 0 aliphatic carbocycles. The van der Waals surface area contributed by atoms with Crippen LogP contribution in [0.3, 0.4) is 0 Å². The summed E-state index contributed by atoms with van der Waals surface area (Å²) in [5.41, 5.74) is 4.96. The van der Waals surface area contributed by atoms with E-state index in [0.29, 0.717) is 13.1 Å². The van der Waals surface area contributed by atoms with Crippen LogP contribution in [-0.2, 0) is 11.3 Å². The van der Waals surface area contributed by atoms with E-state index in [9.17, 15) is 4.79 Å². The first-order valence-corrected chi connectivity index (χ1v) is 8.79. The summed E-state index contributed by atoms with van der Waals surface area (Å²) in [5, 5.41) is 10.4. The Morgan fingerprint density at radius 1 is 1.28 bits per heavy atom. The van der Waals surface area contributed by atoms with E-state index in [1.54, 1.807) is 0 Å². The number of carbonyl (C=O) groups excluding carboxylic acids is 1. The summed E-state index contributed by atoms with van der Waals surface area (Å²) in [4.78, 5) is 12.2. The van der Waals surface area contributed by atoms with Crippen molar-refractivity contribution in [2.24, 2.45) is 0 Å². The summed E-state index contributed by atoms with van der Waals surface area (Å²) in [5.74, 6) is 0. The van der Waals surface area contributed by atoms with E-state index in [1.807, 2.05) is 18.5 Å². The quantitative estimate of drug-likeness (QED) is 0.877. The summed E-state index contributed by atoms with van der Waals surface area (Å²) in [6.07, 6.45) is 2.21. The van der Waals surface area contributed by atoms with Crippen LogP contribution in [0.1, 0.15) is 35.4 Å². The summed E-state index contributed by atoms with van der Waals surface area (Å²) in [7, 11) is 0. The lowest BCUT2D eigenvalue weighted by atomic mass is 10.1. The molecule has 0 bridgehead atoms. The van der Waals surface area contributed by atoms with Crippen LogP contribution in [0.25, 0.3) is 0 Å². The van der Waals surface area contributed by atoms with E-state index in [0.717, 1.165) is 36.5 Å². The largest absolute Gasteiger partial charge is 0.376 e. The van der Waals surface area contributed by atoms with Crippen LogP contribution < -0.4 is 10.6 Å². The number of aryl methyl sites for hydroxylation is 2. The van der Waals surface area contributed by atoms with Gasteiger partial charge in [-0.25, -0.2) is 4.79 Å². The number of nitrogens with one attached hydrogen (secondary N) is 2. The number of anilines is 1. The molecule has 2 N–H and O–H groups in total. The van der Waals surface area contributed by atoms with Crippen molar-refractivity contribution in [3.8, 4) is 0 Å². The second-order valence-electron chi connectivity index (χ2n) is 6.66. The van der Waals surface area contributed by atoms with Gasteiger partial charge in [0.25, 0.3) is 0 Å². The van der Waals surface area contributed by atoms with E-state index >= 15 is 0 Å². The summed E-state index contributed by atoms with van der Waals surface area (Å²) in [6, 6.07) is 8.19. The minimum absolute atomic E-state index is 0.136. The van der Waals surface area contributed by atoms with Crippen molar-refractivity contribution in [1.82, 2.24) is 15.1 Å². The highest BCUT2D eigenvalue weighted by molar-refractivity contribution is 5.90. The highest BCUT2D eigenvalue weighted by atomic mass is 16.5. The average molecular weight is 342 g/mol. The van der Waals surface area contributed by atoms with E-state index in [2.05, 4.69) is 46.9 Å². The fourth-order valence-electron chi connectivity index (χ4n) is 3.07. The van der Waals surface area contributed by atoms with E-state index < -0.39 is 0 Å². The fourth-order valence-corrected chi connectivity index (χ4v) is 3.07. The maximum Gasteiger partial charge on any atom is 0.319 e. The lowest BCUT2D eigenvalue weighted by Crippen LogP contribution is -2.35. The zero-order chi connectivity index (χ0) is 17.8. The standard InChI is InChI=1S/C19H26N4O2/c1-13-6-8-16(9-7-13)12-23-15(3)18(14(2)22-23)21-19(24)20-11-17-5-4-10-25-17/h6-9,17H,4-5,10-12H2,1-3H3,(H2,20,21,24). The second-order valence-corrected chi connectivity index (χ2v) is 6.66. The first-order chi connectivity index (χ1) is 12.0. The summed E-state index contributed by atoms with van der Waals surface area (Å²) in [6.45, 7) is 7.98. The molecule has 6 nitrogen and oxygen atoms in total. The van der Waals surface area contributed by atoms with Crippen molar-refractivity contribution < 1.29 is 9.53 Å². The van der Waals surface area contributed by atoms with Gasteiger partial charge in [-0.05, 0) is 39.2 Å². The molecule has 0 saturated carbocycles. The number of nitrogens with zero attached hydrogens (tertiary/aromatic N) is 2. The van der Waals surface area contributed by atoms with Crippen molar-refractivity contribution in [3.63, 3.8) is 0 Å². The van der Waals surface area contributed by atoms with Crippen molar-refractivity contribution in [3.05, 3.63) is 46.8 Å². The van der Waals surface area contributed by atoms with Crippen molar-refractivity contribution >= 4 is 11.7 Å². The lowest BCUT2D eigenvalue weighted by molar-refractivity contribution is 0.112. The van der Waals surface area contributed by atoms with Gasteiger partial charge in [-0.15, -0.1) is 0 Å². The number of rotatable bonds is 5. The van der Waals surface area contributed by atoms with Crippen molar-refractivity contribution in [1.29, 1.82) is 0 Å². The number of amides is 2. The summed E-state index contributed by atoms with van der Waals surface area (Å²) >= 11 is 0. The van der Waals surface area contributed by atoms with Crippen LogP contribution in [0.4, 0.5) is 10.5 Å². The molecule has 1 aromatic heterocycles. The molecule has 134 valence electrons. The molecule has 3 rings (SSSR count). The van der Waals surface area contributed by atoms with Gasteiger partial charge in [0.1, 0.15) is 0 Å². The lowest BCUT2D eigenvalue weighted by Gasteiger charge is -2.12. The highest BCUT2D eigenvalue weighted by Crippen LogP contribution is 2.20. The molecule has 1 aliphatic rings. The number of hydrogen-bond acceptors (Lipinski definition) is 3. The van der Waals surface area contributed by atoms with Gasteiger partial charge in [0.05, 0.1) is 29.7 Å². The molecule has 1 aliphatic heterocycles. The van der Waals surface area contributed by atoms with Crippen LogP contribution in [0.2, 0.25) is 0 Å². The van der Waals surface area contributed by atoms with Gasteiger partial charge in [-0.3, -0.25) is 4.68 Å². The van der Waals surface area contributed by atoms with Crippen molar-refractivity contribution in [2.45, 2.75) is 46.3 Å². The Kier molecular flexibility index (Phi) is 5.38. The molecule has 1 aromatic carbocycles. The van der Waals surface area contributed by atoms with Gasteiger partial charge in [0, 0.05) is 13.2 Å². The molecule has 1 saturated heterocycles. The predicted octanol–water partition coefficient (Wildman–Crippen LogP) is 3.16. The SMILES string of the molecule is Cc1ccc(Cn2nc(C)c(NC(=O)NCC3CCCO3)c2C)cc1. The van der Waals surface area contributed by atoms with E-state index in [4.69, 9.17) is 4.74 Å². The topological polar surface area (TPSA) is 68.2 Å². The molecule has 2 aromatic rings. The number of hydrogen-bond donors (Lipinski definition) is 2. The Hall–Kier alpha value is -2.34. The maximum absolute atomic E-state index is 12.2. The molecule has 1 atom stereocenters. The number of carbonyl (C=O) groups is 1. The number of aromatic nitrogens is 2. The molecule has 6 heteroatoms. The zero-order valence-corrected chi connectivity index (χ0v) is 15.1. The van der Waals surface area contributed by atoms with Gasteiger partial charge in [0.2, 0.25) is 0 Å². The third kappa shape index (κ3) is 4.39. The van der Waals surface area contributed by atoms with Crippen molar-refractivity contribution in [2.75, 3.05) is 18.5 Å². The van der Waals surface area contributed by atoms with Gasteiger partial charge in [0.15, 0.2) is 0 Å². The molecule has 1 fully saturated rings. The Morgan fingerprint density at radius 3 is 2.72 bits per heavy atom. The molecular weight excluding hydrogens is 316 g/mol. The molecule has 0 radical (unpaired) electrons. The molecule has 1 unspecified atom stereocenters. The first-order valence-electron chi connectivity index (χ1n) is 8.79. The van der Waals surface area contributed by atoms with Crippen LogP contribution in [0.5, 0.6) is 0 Å². The predicted molar refractivity (Wildman–Crippen MR) is 98.0 cm³/mol. The number of ether oxygens (including phenoxy) is 1. The molecule has 2 amide bonds. The third-order valence-electron chi connectivity index (χ3n) is 4.59. The normalized spacial score (nSPS) is 16.8. The average Bonchev–Trinajstić information content (AvgIpc) is 3.19. The number of urea groups is 1. The van der Waals surface area contributed by atoms with Gasteiger partial charge < -0.3 is 15.4 Å². The highest BCUT2D eigenvalue weighted by Gasteiger charge is 2.18. The molecular formula is C19H26N4O2. The smallest absolute Gasteiger partial charge is 0.319 e. The van der Waals surface area contributed by atoms with Crippen LogP contribution in [0, 0.1) is 20.8 Å². The van der Waals surface area contributed by atoms with Crippen LogP contribution >= 0.6 is 0 Å². The fraction of sp³-hybridized carbons (Fsp3) is 0.474. The Morgan fingerprint density at radius 2 is 2.04 bits per heavy atom. The molecule has 0 spiro atoms. The van der Waals surface area contributed by atoms with E-state index in [-0.39, 0.29) is 12.1 Å². The van der Waals surface area contributed by atoms with Crippen LogP contribution in [0.15, 0.2) is 24.3 Å². The Balaban J connectivity index is 1.62. The molecule has 25 heavy (non-hydrogen) atoms. The minimum atomic E-state index is -0.211. The third-order valence-corrected chi connectivity index (χ3v) is 4.59. The monoisotopic (exact) mass is 342 g/mol. The Bertz CT molecular complexity index is 731. The minimum Gasteiger partial charge on any atom is -0.376 e.